The number of hydrogen-bond acceptors (Lipinski definition) is 3. The number of nitrogens with zero attached hydrogens (tertiary/aromatic N) is 1. The molecule has 1 aliphatic heterocycles. The van der Waals surface area contributed by atoms with Gasteiger partial charge in [-0.1, -0.05) is 17.7 Å². The van der Waals surface area contributed by atoms with Crippen LogP contribution in [0.5, 0.6) is 11.5 Å². The van der Waals surface area contributed by atoms with Crippen molar-refractivity contribution in [3.05, 3.63) is 53.1 Å². The molecule has 4 nitrogen and oxygen atoms in total. The molecule has 3 rings (SSSR count). The van der Waals surface area contributed by atoms with Crippen LogP contribution >= 0.6 is 11.6 Å². The first kappa shape index (κ1) is 15.7. The number of carbonyl (C=O) groups excluding carboxylic acids is 1. The monoisotopic (exact) mass is 330 g/mol. The summed E-state index contributed by atoms with van der Waals surface area (Å²) in [6, 6.07) is 12.3. The summed E-state index contributed by atoms with van der Waals surface area (Å²) in [6.45, 7) is 1.65. The van der Waals surface area contributed by atoms with Crippen molar-refractivity contribution in [1.82, 2.24) is 4.90 Å². The summed E-state index contributed by atoms with van der Waals surface area (Å²) >= 11 is 6.12. The first-order valence-corrected chi connectivity index (χ1v) is 8.13. The highest BCUT2D eigenvalue weighted by Crippen LogP contribution is 2.31. The smallest absolute Gasteiger partial charge is 0.253 e. The average Bonchev–Trinajstić information content (AvgIpc) is 2.58. The highest BCUT2D eigenvalue weighted by molar-refractivity contribution is 6.32. The number of ether oxygens (including phenoxy) is 1. The lowest BCUT2D eigenvalue weighted by atomic mass is 10.1. The second-order valence-corrected chi connectivity index (χ2v) is 6.08. The zero-order chi connectivity index (χ0) is 16.2. The maximum atomic E-state index is 12.5. The number of rotatable bonds is 3. The number of nitrogen functional groups attached to an aromatic ring is 1. The summed E-state index contributed by atoms with van der Waals surface area (Å²) in [5.74, 6) is 1.15. The number of halogens is 1. The third kappa shape index (κ3) is 3.77. The molecule has 5 heteroatoms. The summed E-state index contributed by atoms with van der Waals surface area (Å²) in [7, 11) is 0. The Morgan fingerprint density at radius 1 is 1.09 bits per heavy atom. The van der Waals surface area contributed by atoms with Gasteiger partial charge in [0.05, 0.1) is 5.02 Å². The molecule has 0 saturated carbocycles. The first-order valence-electron chi connectivity index (χ1n) is 7.76. The van der Waals surface area contributed by atoms with E-state index in [0.29, 0.717) is 27.8 Å². The molecule has 1 saturated heterocycles. The third-order valence-electron chi connectivity index (χ3n) is 3.91. The van der Waals surface area contributed by atoms with Crippen molar-refractivity contribution in [3.63, 3.8) is 0 Å². The van der Waals surface area contributed by atoms with Gasteiger partial charge in [0.1, 0.15) is 11.5 Å². The van der Waals surface area contributed by atoms with Gasteiger partial charge in [-0.3, -0.25) is 4.79 Å². The predicted octanol–water partition coefficient (Wildman–Crippen LogP) is 4.34. The molecule has 2 N–H and O–H groups in total. The Kier molecular flexibility index (Phi) is 4.72. The topological polar surface area (TPSA) is 55.6 Å². The highest BCUT2D eigenvalue weighted by Gasteiger charge is 2.18. The van der Waals surface area contributed by atoms with E-state index in [1.165, 1.54) is 6.42 Å². The van der Waals surface area contributed by atoms with Crippen molar-refractivity contribution < 1.29 is 9.53 Å². The van der Waals surface area contributed by atoms with Gasteiger partial charge in [0, 0.05) is 24.3 Å². The van der Waals surface area contributed by atoms with Crippen molar-refractivity contribution in [2.24, 2.45) is 0 Å². The molecule has 23 heavy (non-hydrogen) atoms. The molecule has 120 valence electrons. The van der Waals surface area contributed by atoms with Crippen LogP contribution < -0.4 is 10.5 Å². The summed E-state index contributed by atoms with van der Waals surface area (Å²) in [4.78, 5) is 14.4. The Morgan fingerprint density at radius 2 is 1.87 bits per heavy atom. The Hall–Kier alpha value is -2.20. The quantitative estimate of drug-likeness (QED) is 0.852. The molecule has 1 amide bonds. The molecule has 0 radical (unpaired) electrons. The molecule has 0 unspecified atom stereocenters. The van der Waals surface area contributed by atoms with E-state index in [2.05, 4.69) is 0 Å². The molecular weight excluding hydrogens is 312 g/mol. The van der Waals surface area contributed by atoms with E-state index < -0.39 is 0 Å². The zero-order valence-electron chi connectivity index (χ0n) is 12.8. The molecule has 2 aromatic rings. The largest absolute Gasteiger partial charge is 0.456 e. The SMILES string of the molecule is Nc1ccc(Oc2cccc(C(=O)N3CCCCC3)c2)c(Cl)c1. The molecule has 0 bridgehead atoms. The van der Waals surface area contributed by atoms with Crippen molar-refractivity contribution in [1.29, 1.82) is 0 Å². The van der Waals surface area contributed by atoms with E-state index in [9.17, 15) is 4.79 Å². The van der Waals surface area contributed by atoms with Gasteiger partial charge in [-0.05, 0) is 55.7 Å². The maximum absolute atomic E-state index is 12.5. The molecule has 0 aromatic heterocycles. The Balaban J connectivity index is 1.78. The Morgan fingerprint density at radius 3 is 2.61 bits per heavy atom. The maximum Gasteiger partial charge on any atom is 0.253 e. The van der Waals surface area contributed by atoms with Crippen molar-refractivity contribution in [3.8, 4) is 11.5 Å². The van der Waals surface area contributed by atoms with Gasteiger partial charge in [0.15, 0.2) is 0 Å². The van der Waals surface area contributed by atoms with E-state index in [4.69, 9.17) is 22.1 Å². The fourth-order valence-electron chi connectivity index (χ4n) is 2.70. The van der Waals surface area contributed by atoms with Crippen LogP contribution in [0.3, 0.4) is 0 Å². The summed E-state index contributed by atoms with van der Waals surface area (Å²) in [6.07, 6.45) is 3.34. The van der Waals surface area contributed by atoms with Crippen molar-refractivity contribution >= 4 is 23.2 Å². The first-order chi connectivity index (χ1) is 11.1. The minimum absolute atomic E-state index is 0.0542. The molecular formula is C18H19ClN2O2. The zero-order valence-corrected chi connectivity index (χ0v) is 13.6. The van der Waals surface area contributed by atoms with Crippen molar-refractivity contribution in [2.75, 3.05) is 18.8 Å². The Labute approximate surface area is 140 Å². The van der Waals surface area contributed by atoms with Crippen molar-refractivity contribution in [2.45, 2.75) is 19.3 Å². The third-order valence-corrected chi connectivity index (χ3v) is 4.20. The van der Waals surface area contributed by atoms with Crippen LogP contribution in [-0.4, -0.2) is 23.9 Å². The fourth-order valence-corrected chi connectivity index (χ4v) is 2.93. The molecule has 1 fully saturated rings. The lowest BCUT2D eigenvalue weighted by Gasteiger charge is -2.26. The number of nitrogens with two attached hydrogens (primary N) is 1. The van der Waals surface area contributed by atoms with Gasteiger partial charge in [-0.15, -0.1) is 0 Å². The molecule has 0 atom stereocenters. The van der Waals surface area contributed by atoms with Gasteiger partial charge in [-0.2, -0.15) is 0 Å². The van der Waals surface area contributed by atoms with E-state index in [-0.39, 0.29) is 5.91 Å². The van der Waals surface area contributed by atoms with Crippen LogP contribution in [0, 0.1) is 0 Å². The fraction of sp³-hybridized carbons (Fsp3) is 0.278. The Bertz CT molecular complexity index is 712. The second-order valence-electron chi connectivity index (χ2n) is 5.67. The minimum atomic E-state index is 0.0542. The van der Waals surface area contributed by atoms with Crippen LogP contribution in [-0.2, 0) is 0 Å². The van der Waals surface area contributed by atoms with Crippen LogP contribution in [0.15, 0.2) is 42.5 Å². The van der Waals surface area contributed by atoms with Crippen LogP contribution in [0.1, 0.15) is 29.6 Å². The van der Waals surface area contributed by atoms with Gasteiger partial charge in [0.25, 0.3) is 5.91 Å². The van der Waals surface area contributed by atoms with Gasteiger partial charge in [0.2, 0.25) is 0 Å². The number of hydrogen-bond donors (Lipinski definition) is 1. The second kappa shape index (κ2) is 6.92. The lowest BCUT2D eigenvalue weighted by molar-refractivity contribution is 0.0724. The van der Waals surface area contributed by atoms with E-state index >= 15 is 0 Å². The van der Waals surface area contributed by atoms with Gasteiger partial charge in [-0.25, -0.2) is 0 Å². The number of amides is 1. The average molecular weight is 331 g/mol. The minimum Gasteiger partial charge on any atom is -0.456 e. The summed E-state index contributed by atoms with van der Waals surface area (Å²) in [5.41, 5.74) is 6.89. The van der Waals surface area contributed by atoms with Crippen LogP contribution in [0.2, 0.25) is 5.02 Å². The molecule has 1 aliphatic rings. The molecule has 2 aromatic carbocycles. The molecule has 0 aliphatic carbocycles. The van der Waals surface area contributed by atoms with E-state index in [0.717, 1.165) is 25.9 Å². The summed E-state index contributed by atoms with van der Waals surface area (Å²) in [5, 5.41) is 0.442. The number of carbonyl (C=O) groups is 1. The van der Waals surface area contributed by atoms with E-state index in [1.807, 2.05) is 17.0 Å². The number of likely N-dealkylation sites (tertiary alicyclic amines) is 1. The van der Waals surface area contributed by atoms with Gasteiger partial charge < -0.3 is 15.4 Å². The van der Waals surface area contributed by atoms with Gasteiger partial charge >= 0.3 is 0 Å². The highest BCUT2D eigenvalue weighted by atomic mass is 35.5. The lowest BCUT2D eigenvalue weighted by Crippen LogP contribution is -2.35. The van der Waals surface area contributed by atoms with Crippen LogP contribution in [0.25, 0.3) is 0 Å². The molecule has 0 spiro atoms. The number of piperidine rings is 1. The molecule has 1 heterocycles. The predicted molar refractivity (Wildman–Crippen MR) is 92.1 cm³/mol. The number of benzene rings is 2. The van der Waals surface area contributed by atoms with E-state index in [1.54, 1.807) is 30.3 Å². The number of anilines is 1. The standard InChI is InChI=1S/C18H19ClN2O2/c19-16-12-14(20)7-8-17(16)23-15-6-4-5-13(11-15)18(22)21-9-2-1-3-10-21/h4-8,11-12H,1-3,9-10,20H2. The van der Waals surface area contributed by atoms with Crippen LogP contribution in [0.4, 0.5) is 5.69 Å². The summed E-state index contributed by atoms with van der Waals surface area (Å²) < 4.78 is 5.78. The normalized spacial score (nSPS) is 14.6.